The van der Waals surface area contributed by atoms with Crippen LogP contribution in [0.1, 0.15) is 19.3 Å². The van der Waals surface area contributed by atoms with Crippen LogP contribution in [0, 0.1) is 16.7 Å². The van der Waals surface area contributed by atoms with E-state index in [0.717, 1.165) is 6.54 Å². The van der Waals surface area contributed by atoms with Gasteiger partial charge in [-0.3, -0.25) is 0 Å². The molecule has 1 fully saturated rings. The van der Waals surface area contributed by atoms with Crippen LogP contribution >= 0.6 is 0 Å². The minimum absolute atomic E-state index is 0.207. The second-order valence-corrected chi connectivity index (χ2v) is 3.80. The van der Waals surface area contributed by atoms with Crippen LogP contribution in [0.2, 0.25) is 0 Å². The Morgan fingerprint density at radius 3 is 2.67 bits per heavy atom. The Morgan fingerprint density at radius 1 is 1.58 bits per heavy atom. The first kappa shape index (κ1) is 9.50. The third-order valence-electron chi connectivity index (χ3n) is 2.50. The lowest BCUT2D eigenvalue weighted by molar-refractivity contribution is 0.196. The second-order valence-electron chi connectivity index (χ2n) is 3.80. The molecule has 0 saturated heterocycles. The van der Waals surface area contributed by atoms with Crippen molar-refractivity contribution in [3.05, 3.63) is 0 Å². The Labute approximate surface area is 73.6 Å². The highest BCUT2D eigenvalue weighted by Crippen LogP contribution is 2.48. The molecule has 0 aromatic heterocycles. The lowest BCUT2D eigenvalue weighted by atomic mass is 10.0. The van der Waals surface area contributed by atoms with Crippen molar-refractivity contribution in [3.63, 3.8) is 0 Å². The predicted molar refractivity (Wildman–Crippen MR) is 46.5 cm³/mol. The maximum Gasteiger partial charge on any atom is 0.0628 e. The highest BCUT2D eigenvalue weighted by atomic mass is 16.3. The summed E-state index contributed by atoms with van der Waals surface area (Å²) in [5.41, 5.74) is 0.276. The molecule has 1 aliphatic rings. The van der Waals surface area contributed by atoms with E-state index in [1.165, 1.54) is 12.8 Å². The molecule has 0 radical (unpaired) electrons. The van der Waals surface area contributed by atoms with Crippen molar-refractivity contribution in [1.82, 2.24) is 4.90 Å². The number of rotatable bonds is 5. The third-order valence-corrected chi connectivity index (χ3v) is 2.50. The van der Waals surface area contributed by atoms with E-state index in [1.807, 2.05) is 7.05 Å². The van der Waals surface area contributed by atoms with Gasteiger partial charge in [-0.15, -0.1) is 0 Å². The number of nitriles is 1. The highest BCUT2D eigenvalue weighted by molar-refractivity contribution is 5.00. The summed E-state index contributed by atoms with van der Waals surface area (Å²) in [7, 11) is 1.99. The number of nitrogens with zero attached hydrogens (tertiary/aromatic N) is 2. The zero-order valence-electron chi connectivity index (χ0n) is 7.58. The molecule has 0 aliphatic heterocycles. The van der Waals surface area contributed by atoms with Crippen LogP contribution in [0.3, 0.4) is 0 Å². The van der Waals surface area contributed by atoms with Crippen LogP contribution in [0.4, 0.5) is 0 Å². The van der Waals surface area contributed by atoms with Gasteiger partial charge in [-0.2, -0.15) is 5.26 Å². The summed E-state index contributed by atoms with van der Waals surface area (Å²) in [6.45, 7) is 1.88. The standard InChI is InChI=1S/C9H16N2O/c1-11(6-7-12)8-9(2-3-9)4-5-10/h12H,2-4,6-8H2,1H3. The average Bonchev–Trinajstić information content (AvgIpc) is 2.70. The van der Waals surface area contributed by atoms with E-state index in [1.54, 1.807) is 0 Å². The molecule has 0 atom stereocenters. The third kappa shape index (κ3) is 2.47. The molecule has 0 aromatic rings. The maximum absolute atomic E-state index is 8.68. The molecule has 0 spiro atoms. The Morgan fingerprint density at radius 2 is 2.25 bits per heavy atom. The number of hydrogen-bond donors (Lipinski definition) is 1. The SMILES string of the molecule is CN(CCO)CC1(CC#N)CC1. The summed E-state index contributed by atoms with van der Waals surface area (Å²) in [5, 5.41) is 17.2. The molecule has 1 N–H and O–H groups in total. The van der Waals surface area contributed by atoms with Crippen molar-refractivity contribution >= 4 is 0 Å². The van der Waals surface area contributed by atoms with Gasteiger partial charge in [0, 0.05) is 19.5 Å². The first-order valence-electron chi connectivity index (χ1n) is 4.39. The molecule has 0 amide bonds. The van der Waals surface area contributed by atoms with Crippen LogP contribution in [-0.4, -0.2) is 36.8 Å². The molecule has 1 aliphatic carbocycles. The van der Waals surface area contributed by atoms with Gasteiger partial charge in [-0.1, -0.05) is 0 Å². The fraction of sp³-hybridized carbons (Fsp3) is 0.889. The van der Waals surface area contributed by atoms with Gasteiger partial charge >= 0.3 is 0 Å². The predicted octanol–water partition coefficient (Wildman–Crippen LogP) is 0.604. The monoisotopic (exact) mass is 168 g/mol. The zero-order chi connectivity index (χ0) is 9.03. The van der Waals surface area contributed by atoms with Crippen molar-refractivity contribution in [1.29, 1.82) is 5.26 Å². The van der Waals surface area contributed by atoms with Gasteiger partial charge in [-0.05, 0) is 25.3 Å². The molecule has 3 nitrogen and oxygen atoms in total. The summed E-state index contributed by atoms with van der Waals surface area (Å²) in [6.07, 6.45) is 3.02. The minimum atomic E-state index is 0.207. The quantitative estimate of drug-likeness (QED) is 0.654. The number of aliphatic hydroxyl groups excluding tert-OH is 1. The summed E-state index contributed by atoms with van der Waals surface area (Å²) in [5.74, 6) is 0. The van der Waals surface area contributed by atoms with Crippen LogP contribution < -0.4 is 0 Å². The van der Waals surface area contributed by atoms with Crippen molar-refractivity contribution in [2.45, 2.75) is 19.3 Å². The van der Waals surface area contributed by atoms with Crippen LogP contribution in [0.25, 0.3) is 0 Å². The molecular weight excluding hydrogens is 152 g/mol. The van der Waals surface area contributed by atoms with Gasteiger partial charge in [0.2, 0.25) is 0 Å². The molecule has 0 aromatic carbocycles. The van der Waals surface area contributed by atoms with Gasteiger partial charge in [-0.25, -0.2) is 0 Å². The molecular formula is C9H16N2O. The molecule has 1 rings (SSSR count). The van der Waals surface area contributed by atoms with Crippen molar-refractivity contribution < 1.29 is 5.11 Å². The molecule has 0 unspecified atom stereocenters. The van der Waals surface area contributed by atoms with E-state index in [0.29, 0.717) is 13.0 Å². The van der Waals surface area contributed by atoms with E-state index in [-0.39, 0.29) is 12.0 Å². The van der Waals surface area contributed by atoms with Crippen molar-refractivity contribution in [3.8, 4) is 6.07 Å². The largest absolute Gasteiger partial charge is 0.395 e. The van der Waals surface area contributed by atoms with E-state index < -0.39 is 0 Å². The Hall–Kier alpha value is -0.590. The van der Waals surface area contributed by atoms with Gasteiger partial charge in [0.05, 0.1) is 12.7 Å². The Kier molecular flexibility index (Phi) is 3.07. The highest BCUT2D eigenvalue weighted by Gasteiger charge is 2.42. The molecule has 68 valence electrons. The summed E-state index contributed by atoms with van der Waals surface area (Å²) >= 11 is 0. The molecule has 0 bridgehead atoms. The van der Waals surface area contributed by atoms with Gasteiger partial charge < -0.3 is 10.0 Å². The Bertz CT molecular complexity index is 181. The first-order valence-corrected chi connectivity index (χ1v) is 4.39. The van der Waals surface area contributed by atoms with E-state index in [9.17, 15) is 0 Å². The number of hydrogen-bond acceptors (Lipinski definition) is 3. The van der Waals surface area contributed by atoms with Crippen LogP contribution in [0.5, 0.6) is 0 Å². The van der Waals surface area contributed by atoms with Gasteiger partial charge in [0.1, 0.15) is 0 Å². The maximum atomic E-state index is 8.68. The van der Waals surface area contributed by atoms with Crippen LogP contribution in [0.15, 0.2) is 0 Å². The molecule has 12 heavy (non-hydrogen) atoms. The minimum Gasteiger partial charge on any atom is -0.395 e. The van der Waals surface area contributed by atoms with Gasteiger partial charge in [0.25, 0.3) is 0 Å². The Balaban J connectivity index is 2.26. The summed E-state index contributed by atoms with van der Waals surface area (Å²) < 4.78 is 0. The van der Waals surface area contributed by atoms with E-state index in [4.69, 9.17) is 10.4 Å². The fourth-order valence-corrected chi connectivity index (χ4v) is 1.56. The van der Waals surface area contributed by atoms with Gasteiger partial charge in [0.15, 0.2) is 0 Å². The number of likely N-dealkylation sites (N-methyl/N-ethyl adjacent to an activating group) is 1. The normalized spacial score (nSPS) is 19.2. The van der Waals surface area contributed by atoms with Crippen molar-refractivity contribution in [2.75, 3.05) is 26.7 Å². The smallest absolute Gasteiger partial charge is 0.0628 e. The van der Waals surface area contributed by atoms with Crippen LogP contribution in [-0.2, 0) is 0 Å². The molecule has 3 heteroatoms. The van der Waals surface area contributed by atoms with E-state index in [2.05, 4.69) is 11.0 Å². The topological polar surface area (TPSA) is 47.3 Å². The fourth-order valence-electron chi connectivity index (χ4n) is 1.56. The second kappa shape index (κ2) is 3.88. The lowest BCUT2D eigenvalue weighted by Gasteiger charge is -2.20. The summed E-state index contributed by atoms with van der Waals surface area (Å²) in [4.78, 5) is 2.10. The first-order chi connectivity index (χ1) is 5.72. The molecule has 0 heterocycles. The zero-order valence-corrected chi connectivity index (χ0v) is 7.58. The van der Waals surface area contributed by atoms with E-state index >= 15 is 0 Å². The summed E-state index contributed by atoms with van der Waals surface area (Å²) in [6, 6.07) is 2.23. The average molecular weight is 168 g/mol. The number of aliphatic hydroxyl groups is 1. The lowest BCUT2D eigenvalue weighted by Crippen LogP contribution is -2.29. The molecule has 1 saturated carbocycles. The van der Waals surface area contributed by atoms with Crippen molar-refractivity contribution in [2.24, 2.45) is 5.41 Å².